The Labute approximate surface area is 169 Å². The van der Waals surface area contributed by atoms with Crippen molar-refractivity contribution < 1.29 is 36.0 Å². The second-order valence-electron chi connectivity index (χ2n) is 5.80. The van der Waals surface area contributed by atoms with E-state index >= 15 is 0 Å². The first-order valence-electron chi connectivity index (χ1n) is 7.04. The van der Waals surface area contributed by atoms with Crippen molar-refractivity contribution in [1.29, 1.82) is 0 Å². The molecule has 0 saturated heterocycles. The van der Waals surface area contributed by atoms with Gasteiger partial charge in [0, 0.05) is 16.1 Å². The van der Waals surface area contributed by atoms with Crippen LogP contribution in [0.5, 0.6) is 0 Å². The molecule has 0 bridgehead atoms. The van der Waals surface area contributed by atoms with Crippen molar-refractivity contribution in [2.45, 2.75) is 30.0 Å². The number of nitrogens with zero attached hydrogens (tertiary/aromatic N) is 2. The van der Waals surface area contributed by atoms with Gasteiger partial charge in [0.1, 0.15) is 9.77 Å². The summed E-state index contributed by atoms with van der Waals surface area (Å²) in [6.45, 7) is 3.38. The Morgan fingerprint density at radius 3 is 2.72 bits per heavy atom. The van der Waals surface area contributed by atoms with Gasteiger partial charge in [-0.05, 0) is 55.1 Å². The summed E-state index contributed by atoms with van der Waals surface area (Å²) < 4.78 is 50.2. The van der Waals surface area contributed by atoms with E-state index in [1.165, 1.54) is 12.3 Å². The van der Waals surface area contributed by atoms with E-state index in [1.54, 1.807) is 38.1 Å². The number of hydrogen-bond acceptors (Lipinski definition) is 5. The van der Waals surface area contributed by atoms with Crippen LogP contribution in [0.25, 0.3) is 11.0 Å². The van der Waals surface area contributed by atoms with Gasteiger partial charge in [-0.3, -0.25) is 4.21 Å². The minimum absolute atomic E-state index is 0. The monoisotopic (exact) mass is 436 g/mol. The molecule has 0 saturated carbocycles. The summed E-state index contributed by atoms with van der Waals surface area (Å²) >= 11 is 0.669. The van der Waals surface area contributed by atoms with E-state index < -0.39 is 25.9 Å². The van der Waals surface area contributed by atoms with Gasteiger partial charge in [-0.1, -0.05) is 28.1 Å². The second kappa shape index (κ2) is 7.14. The zero-order valence-electron chi connectivity index (χ0n) is 13.9. The smallest absolute Gasteiger partial charge is 0.767 e. The van der Waals surface area contributed by atoms with Gasteiger partial charge in [0.2, 0.25) is 0 Å². The quantitative estimate of drug-likeness (QED) is 0.492. The fourth-order valence-electron chi connectivity index (χ4n) is 2.76. The van der Waals surface area contributed by atoms with Crippen LogP contribution in [0.4, 0.5) is 0 Å². The third-order valence-corrected chi connectivity index (χ3v) is 8.09. The average molecular weight is 437 g/mol. The number of fused-ring (bicyclic) bond motifs is 1. The van der Waals surface area contributed by atoms with E-state index in [0.717, 1.165) is 14.0 Å². The average Bonchev–Trinajstić information content (AvgIpc) is 2.91. The molecule has 2 heterocycles. The molecule has 3 rings (SSSR count). The van der Waals surface area contributed by atoms with Crippen LogP contribution >= 0.6 is 15.9 Å². The summed E-state index contributed by atoms with van der Waals surface area (Å²) in [7, 11) is -4.06. The molecule has 0 fully saturated rings. The van der Waals surface area contributed by atoms with Gasteiger partial charge in [-0.15, -0.1) is 0 Å². The van der Waals surface area contributed by atoms with E-state index in [9.17, 15) is 17.2 Å². The van der Waals surface area contributed by atoms with Gasteiger partial charge in [0.25, 0.3) is 10.0 Å². The van der Waals surface area contributed by atoms with Crippen molar-refractivity contribution in [3.63, 3.8) is 0 Å². The van der Waals surface area contributed by atoms with Crippen LogP contribution in [0.1, 0.15) is 20.3 Å². The summed E-state index contributed by atoms with van der Waals surface area (Å²) in [4.78, 5) is 4.08. The van der Waals surface area contributed by atoms with Crippen LogP contribution in [-0.4, -0.2) is 30.9 Å². The molecule has 0 N–H and O–H groups in total. The first-order chi connectivity index (χ1) is 11.2. The number of rotatable bonds is 3. The number of halogens is 1. The van der Waals surface area contributed by atoms with E-state index in [1.807, 2.05) is 0 Å². The summed E-state index contributed by atoms with van der Waals surface area (Å²) in [5, 5.41) is 0.140. The first-order valence-corrected chi connectivity index (χ1v) is 10.3. The minimum atomic E-state index is -4.06. The minimum Gasteiger partial charge on any atom is -0.767 e. The third kappa shape index (κ3) is 3.34. The van der Waals surface area contributed by atoms with Gasteiger partial charge in [-0.25, -0.2) is 17.4 Å². The van der Waals surface area contributed by atoms with Crippen LogP contribution in [0.2, 0.25) is 0 Å². The number of hydrogen-bond donors (Lipinski definition) is 0. The number of pyridine rings is 1. The predicted molar refractivity (Wildman–Crippen MR) is 95.0 cm³/mol. The van der Waals surface area contributed by atoms with Crippen LogP contribution in [0.15, 0.2) is 51.6 Å². The Morgan fingerprint density at radius 2 is 2.12 bits per heavy atom. The molecule has 0 amide bonds. The maximum absolute atomic E-state index is 13.3. The SMILES string of the molecule is CC1=CC(C)(S(=O)(=O)n2c(S(=O)[O-])cc3cccnc32)CC=C1Br.[Li+]. The number of aromatic nitrogens is 2. The molecule has 1 aliphatic rings. The van der Waals surface area contributed by atoms with Gasteiger partial charge in [0.05, 0.1) is 0 Å². The van der Waals surface area contributed by atoms with Crippen LogP contribution in [0, 0.1) is 0 Å². The summed E-state index contributed by atoms with van der Waals surface area (Å²) in [6.07, 6.45) is 5.08. The standard InChI is InChI=1S/C15H15BrN2O4S2.Li/c1-10-9-15(2,6-5-12(10)16)24(21,22)18-13(23(19)20)8-11-4-3-7-17-14(11)18;/h3-5,7-9H,6H2,1-2H3,(H,19,20);/q;+1/p-1. The molecule has 128 valence electrons. The molecule has 0 radical (unpaired) electrons. The molecule has 10 heteroatoms. The fraction of sp³-hybridized carbons (Fsp3) is 0.267. The molecule has 1 aliphatic carbocycles. The van der Waals surface area contributed by atoms with Gasteiger partial charge < -0.3 is 4.55 Å². The first kappa shape index (κ1) is 20.6. The molecule has 2 aromatic heterocycles. The van der Waals surface area contributed by atoms with Gasteiger partial charge >= 0.3 is 18.9 Å². The van der Waals surface area contributed by atoms with Crippen molar-refractivity contribution in [2.75, 3.05) is 0 Å². The second-order valence-corrected chi connectivity index (χ2v) is 9.79. The van der Waals surface area contributed by atoms with Crippen molar-refractivity contribution >= 4 is 48.1 Å². The molecular formula is C15H14BrLiN2O4S2. The predicted octanol–water partition coefficient (Wildman–Crippen LogP) is -0.156. The Kier molecular flexibility index (Phi) is 5.89. The molecule has 0 aromatic carbocycles. The van der Waals surface area contributed by atoms with Crippen LogP contribution < -0.4 is 18.9 Å². The Morgan fingerprint density at radius 1 is 1.44 bits per heavy atom. The molecule has 0 aliphatic heterocycles. The third-order valence-electron chi connectivity index (χ3n) is 4.07. The van der Waals surface area contributed by atoms with Gasteiger partial charge in [-0.2, -0.15) is 0 Å². The largest absolute Gasteiger partial charge is 1.00 e. The molecule has 2 atom stereocenters. The van der Waals surface area contributed by atoms with E-state index in [4.69, 9.17) is 0 Å². The fourth-order valence-corrected chi connectivity index (χ4v) is 5.67. The van der Waals surface area contributed by atoms with E-state index in [-0.39, 0.29) is 36.0 Å². The zero-order chi connectivity index (χ0) is 17.7. The molecule has 0 spiro atoms. The van der Waals surface area contributed by atoms with Gasteiger partial charge in [0.15, 0.2) is 5.65 Å². The van der Waals surface area contributed by atoms with Crippen molar-refractivity contribution in [2.24, 2.45) is 0 Å². The Bertz CT molecular complexity index is 1030. The Balaban J connectivity index is 0.00000225. The normalized spacial score (nSPS) is 22.1. The summed E-state index contributed by atoms with van der Waals surface area (Å²) in [5.41, 5.74) is 0.888. The van der Waals surface area contributed by atoms with E-state index in [2.05, 4.69) is 20.9 Å². The van der Waals surface area contributed by atoms with Crippen molar-refractivity contribution in [3.05, 3.63) is 46.6 Å². The Hall–Kier alpha value is -0.693. The zero-order valence-corrected chi connectivity index (χ0v) is 17.1. The van der Waals surface area contributed by atoms with Crippen molar-refractivity contribution in [1.82, 2.24) is 8.96 Å². The molecule has 2 aromatic rings. The molecule has 6 nitrogen and oxygen atoms in total. The summed E-state index contributed by atoms with van der Waals surface area (Å²) in [5.74, 6) is 0. The molecular weight excluding hydrogens is 423 g/mol. The molecule has 25 heavy (non-hydrogen) atoms. The maximum atomic E-state index is 13.3. The van der Waals surface area contributed by atoms with Crippen molar-refractivity contribution in [3.8, 4) is 0 Å². The number of allylic oxidation sites excluding steroid dienone is 3. The van der Waals surface area contributed by atoms with E-state index in [0.29, 0.717) is 5.39 Å². The van der Waals surface area contributed by atoms with Crippen LogP contribution in [-0.2, 0) is 21.1 Å². The topological polar surface area (TPSA) is 92.1 Å². The molecule has 2 unspecified atom stereocenters. The maximum Gasteiger partial charge on any atom is 1.00 e. The van der Waals surface area contributed by atoms with Crippen LogP contribution in [0.3, 0.4) is 0 Å². The summed E-state index contributed by atoms with van der Waals surface area (Å²) in [6, 6.07) is 4.58.